The molecule has 3 rings (SSSR count). The number of amides is 1. The average Bonchev–Trinajstić information content (AvgIpc) is 2.70. The van der Waals surface area contributed by atoms with Gasteiger partial charge in [0.25, 0.3) is 5.91 Å². The summed E-state index contributed by atoms with van der Waals surface area (Å²) >= 11 is 5.86. The summed E-state index contributed by atoms with van der Waals surface area (Å²) in [4.78, 5) is 16.8. The van der Waals surface area contributed by atoms with Crippen LogP contribution in [0, 0.1) is 5.82 Å². The van der Waals surface area contributed by atoms with Crippen LogP contribution in [0.15, 0.2) is 48.5 Å². The van der Waals surface area contributed by atoms with Crippen LogP contribution in [-0.2, 0) is 16.1 Å². The van der Waals surface area contributed by atoms with E-state index in [0.29, 0.717) is 37.0 Å². The van der Waals surface area contributed by atoms with Crippen molar-refractivity contribution < 1.29 is 18.7 Å². The molecule has 0 saturated carbocycles. The highest BCUT2D eigenvalue weighted by Gasteiger charge is 2.30. The topological polar surface area (TPSA) is 42.0 Å². The number of rotatable bonds is 7. The van der Waals surface area contributed by atoms with E-state index >= 15 is 0 Å². The van der Waals surface area contributed by atoms with Crippen LogP contribution >= 0.6 is 11.6 Å². The number of piperazine rings is 1. The third kappa shape index (κ3) is 5.67. The Morgan fingerprint density at radius 3 is 2.54 bits per heavy atom. The molecule has 2 aromatic carbocycles. The fraction of sp³-hybridized carbons (Fsp3) is 0.381. The Labute approximate surface area is 169 Å². The number of carbonyl (C=O) groups excluding carboxylic acids is 1. The molecule has 2 aromatic rings. The summed E-state index contributed by atoms with van der Waals surface area (Å²) in [5.41, 5.74) is 1.04. The first-order valence-corrected chi connectivity index (χ1v) is 9.56. The predicted octanol–water partition coefficient (Wildman–Crippen LogP) is 3.22. The van der Waals surface area contributed by atoms with Crippen molar-refractivity contribution in [2.75, 3.05) is 40.0 Å². The molecule has 28 heavy (non-hydrogen) atoms. The van der Waals surface area contributed by atoms with Crippen LogP contribution < -0.4 is 4.74 Å². The SMILES string of the molecule is COCC1CN(Cc2ccc(F)cc2)CCN1C(=O)COc1ccc(Cl)cc1. The maximum Gasteiger partial charge on any atom is 0.260 e. The summed E-state index contributed by atoms with van der Waals surface area (Å²) in [6.07, 6.45) is 0. The minimum atomic E-state index is -0.239. The molecule has 1 saturated heterocycles. The first-order valence-electron chi connectivity index (χ1n) is 9.18. The standard InChI is InChI=1S/C21H24ClFN2O3/c1-27-14-19-13-24(12-16-2-6-18(23)7-3-16)10-11-25(19)21(26)15-28-20-8-4-17(22)5-9-20/h2-9,19H,10-15H2,1H3. The molecule has 1 atom stereocenters. The van der Waals surface area contributed by atoms with Crippen molar-refractivity contribution in [1.82, 2.24) is 9.80 Å². The summed E-state index contributed by atoms with van der Waals surface area (Å²) in [7, 11) is 1.63. The van der Waals surface area contributed by atoms with Crippen LogP contribution in [0.1, 0.15) is 5.56 Å². The lowest BCUT2D eigenvalue weighted by Crippen LogP contribution is -2.57. The number of hydrogen-bond acceptors (Lipinski definition) is 4. The highest BCUT2D eigenvalue weighted by molar-refractivity contribution is 6.30. The maximum atomic E-state index is 13.1. The fourth-order valence-electron chi connectivity index (χ4n) is 3.33. The zero-order chi connectivity index (χ0) is 19.9. The van der Waals surface area contributed by atoms with Gasteiger partial charge >= 0.3 is 0 Å². The molecule has 5 nitrogen and oxygen atoms in total. The zero-order valence-electron chi connectivity index (χ0n) is 15.8. The largest absolute Gasteiger partial charge is 0.484 e. The molecule has 0 aromatic heterocycles. The third-order valence-electron chi connectivity index (χ3n) is 4.74. The molecule has 150 valence electrons. The van der Waals surface area contributed by atoms with Crippen LogP contribution in [0.3, 0.4) is 0 Å². The van der Waals surface area contributed by atoms with Crippen LogP contribution in [-0.4, -0.2) is 61.7 Å². The molecular formula is C21H24ClFN2O3. The molecule has 1 fully saturated rings. The number of benzene rings is 2. The summed E-state index contributed by atoms with van der Waals surface area (Å²) in [5, 5.41) is 0.621. The van der Waals surface area contributed by atoms with Crippen LogP contribution in [0.2, 0.25) is 5.02 Å². The normalized spacial score (nSPS) is 17.5. The molecule has 7 heteroatoms. The Balaban J connectivity index is 1.56. The Bertz CT molecular complexity index is 770. The second-order valence-corrected chi connectivity index (χ2v) is 7.24. The maximum absolute atomic E-state index is 13.1. The van der Waals surface area contributed by atoms with Crippen molar-refractivity contribution in [3.8, 4) is 5.75 Å². The van der Waals surface area contributed by atoms with Gasteiger partial charge in [0.15, 0.2) is 6.61 Å². The molecule has 0 spiro atoms. The van der Waals surface area contributed by atoms with Crippen molar-refractivity contribution in [2.24, 2.45) is 0 Å². The van der Waals surface area contributed by atoms with Gasteiger partial charge in [-0.05, 0) is 42.0 Å². The van der Waals surface area contributed by atoms with Gasteiger partial charge in [0.05, 0.1) is 12.6 Å². The lowest BCUT2D eigenvalue weighted by atomic mass is 10.1. The van der Waals surface area contributed by atoms with Gasteiger partial charge in [-0.25, -0.2) is 4.39 Å². The van der Waals surface area contributed by atoms with E-state index in [-0.39, 0.29) is 24.4 Å². The Kier molecular flexibility index (Phi) is 7.25. The Morgan fingerprint density at radius 2 is 1.86 bits per heavy atom. The lowest BCUT2D eigenvalue weighted by Gasteiger charge is -2.41. The summed E-state index contributed by atoms with van der Waals surface area (Å²) in [6.45, 7) is 3.16. The minimum absolute atomic E-state index is 0.0280. The Morgan fingerprint density at radius 1 is 1.14 bits per heavy atom. The zero-order valence-corrected chi connectivity index (χ0v) is 16.6. The first-order chi connectivity index (χ1) is 13.5. The van der Waals surface area contributed by atoms with Gasteiger partial charge in [0.1, 0.15) is 11.6 Å². The predicted molar refractivity (Wildman–Crippen MR) is 106 cm³/mol. The summed E-state index contributed by atoms with van der Waals surface area (Å²) in [5.74, 6) is 0.298. The van der Waals surface area contributed by atoms with Gasteiger partial charge in [0, 0.05) is 38.3 Å². The van der Waals surface area contributed by atoms with Crippen molar-refractivity contribution in [3.63, 3.8) is 0 Å². The highest BCUT2D eigenvalue weighted by atomic mass is 35.5. The molecule has 1 aliphatic rings. The van der Waals surface area contributed by atoms with Crippen LogP contribution in [0.4, 0.5) is 4.39 Å². The van der Waals surface area contributed by atoms with E-state index in [4.69, 9.17) is 21.1 Å². The smallest absolute Gasteiger partial charge is 0.260 e. The quantitative estimate of drug-likeness (QED) is 0.708. The molecule has 0 bridgehead atoms. The lowest BCUT2D eigenvalue weighted by molar-refractivity contribution is -0.140. The number of nitrogens with zero attached hydrogens (tertiary/aromatic N) is 2. The monoisotopic (exact) mass is 406 g/mol. The molecule has 0 radical (unpaired) electrons. The van der Waals surface area contributed by atoms with E-state index in [2.05, 4.69) is 4.90 Å². The van der Waals surface area contributed by atoms with Crippen LogP contribution in [0.5, 0.6) is 5.75 Å². The number of ether oxygens (including phenoxy) is 2. The van der Waals surface area contributed by atoms with E-state index in [1.807, 2.05) is 4.90 Å². The van der Waals surface area contributed by atoms with Crippen molar-refractivity contribution in [2.45, 2.75) is 12.6 Å². The molecule has 1 amide bonds. The molecular weight excluding hydrogens is 383 g/mol. The van der Waals surface area contributed by atoms with E-state index < -0.39 is 0 Å². The highest BCUT2D eigenvalue weighted by Crippen LogP contribution is 2.17. The molecule has 0 aliphatic carbocycles. The molecule has 0 N–H and O–H groups in total. The second kappa shape index (κ2) is 9.87. The van der Waals surface area contributed by atoms with E-state index in [0.717, 1.165) is 12.1 Å². The summed E-state index contributed by atoms with van der Waals surface area (Å²) < 4.78 is 24.0. The molecule has 1 aliphatic heterocycles. The number of methoxy groups -OCH3 is 1. The Hall–Kier alpha value is -2.15. The van der Waals surface area contributed by atoms with Gasteiger partial charge < -0.3 is 14.4 Å². The van der Waals surface area contributed by atoms with Crippen molar-refractivity contribution >= 4 is 17.5 Å². The second-order valence-electron chi connectivity index (χ2n) is 6.80. The number of halogens is 2. The van der Waals surface area contributed by atoms with Gasteiger partial charge in [0.2, 0.25) is 0 Å². The van der Waals surface area contributed by atoms with Gasteiger partial charge in [-0.1, -0.05) is 23.7 Å². The molecule has 1 unspecified atom stereocenters. The fourth-order valence-corrected chi connectivity index (χ4v) is 3.46. The third-order valence-corrected chi connectivity index (χ3v) is 4.99. The van der Waals surface area contributed by atoms with E-state index in [9.17, 15) is 9.18 Å². The number of hydrogen-bond donors (Lipinski definition) is 0. The van der Waals surface area contributed by atoms with Crippen molar-refractivity contribution in [3.05, 3.63) is 64.9 Å². The van der Waals surface area contributed by atoms with Gasteiger partial charge in [-0.2, -0.15) is 0 Å². The average molecular weight is 407 g/mol. The van der Waals surface area contributed by atoms with E-state index in [1.54, 1.807) is 43.5 Å². The van der Waals surface area contributed by atoms with Crippen LogP contribution in [0.25, 0.3) is 0 Å². The first kappa shape index (κ1) is 20.6. The minimum Gasteiger partial charge on any atom is -0.484 e. The van der Waals surface area contributed by atoms with Gasteiger partial charge in [-0.3, -0.25) is 9.69 Å². The van der Waals surface area contributed by atoms with Gasteiger partial charge in [-0.15, -0.1) is 0 Å². The van der Waals surface area contributed by atoms with Crippen molar-refractivity contribution in [1.29, 1.82) is 0 Å². The number of carbonyl (C=O) groups is 1. The van der Waals surface area contributed by atoms with E-state index in [1.165, 1.54) is 12.1 Å². The molecule has 1 heterocycles. The summed E-state index contributed by atoms with van der Waals surface area (Å²) in [6, 6.07) is 13.4.